The zero-order valence-electron chi connectivity index (χ0n) is 7.17. The molecule has 0 radical (unpaired) electrons. The Labute approximate surface area is 75.6 Å². The van der Waals surface area contributed by atoms with Gasteiger partial charge in [-0.15, -0.1) is 0 Å². The van der Waals surface area contributed by atoms with Crippen molar-refractivity contribution >= 4 is 0 Å². The van der Waals surface area contributed by atoms with Crippen molar-refractivity contribution in [1.29, 1.82) is 0 Å². The molecule has 0 aliphatic heterocycles. The Kier molecular flexibility index (Phi) is 6.62. The molecule has 1 aromatic carbocycles. The van der Waals surface area contributed by atoms with Crippen molar-refractivity contribution in [3.8, 4) is 11.5 Å². The Balaban J connectivity index is 0.000000424. The maximum absolute atomic E-state index is 8.93. The van der Waals surface area contributed by atoms with E-state index in [1.807, 2.05) is 0 Å². The standard InChI is InChI=1S/C6H6O4.C2H6O/c7-5-3-1-2-4-6(5)9-10-8;1-2-3/h1-4,7-8H;3H,2H2,1H3. The maximum atomic E-state index is 8.93. The summed E-state index contributed by atoms with van der Waals surface area (Å²) < 4.78 is 0. The normalized spacial score (nSPS) is 8.54. The fraction of sp³-hybridized carbons (Fsp3) is 0.250. The maximum Gasteiger partial charge on any atom is 0.210 e. The van der Waals surface area contributed by atoms with E-state index in [2.05, 4.69) is 9.93 Å². The van der Waals surface area contributed by atoms with Gasteiger partial charge in [-0.1, -0.05) is 12.1 Å². The van der Waals surface area contributed by atoms with Crippen LogP contribution in [0.2, 0.25) is 0 Å². The highest BCUT2D eigenvalue weighted by Gasteiger charge is 1.98. The zero-order chi connectivity index (χ0) is 10.1. The molecule has 0 aromatic heterocycles. The quantitative estimate of drug-likeness (QED) is 0.479. The lowest BCUT2D eigenvalue weighted by atomic mass is 10.3. The lowest BCUT2D eigenvalue weighted by molar-refractivity contribution is -0.439. The second-order valence-electron chi connectivity index (χ2n) is 1.94. The highest BCUT2D eigenvalue weighted by Crippen LogP contribution is 2.23. The van der Waals surface area contributed by atoms with Gasteiger partial charge in [-0.05, 0) is 24.1 Å². The molecule has 74 valence electrons. The predicted molar refractivity (Wildman–Crippen MR) is 45.2 cm³/mol. The third-order valence-electron chi connectivity index (χ3n) is 0.992. The van der Waals surface area contributed by atoms with Gasteiger partial charge in [0.1, 0.15) is 0 Å². The first kappa shape index (κ1) is 11.7. The number of hydrogen-bond donors (Lipinski definition) is 3. The highest BCUT2D eigenvalue weighted by atomic mass is 17.5. The highest BCUT2D eigenvalue weighted by molar-refractivity contribution is 5.37. The number of phenols is 1. The lowest BCUT2D eigenvalue weighted by Crippen LogP contribution is -1.90. The molecular weight excluding hydrogens is 176 g/mol. The molecule has 0 saturated carbocycles. The summed E-state index contributed by atoms with van der Waals surface area (Å²) in [5.41, 5.74) is 0. The fourth-order valence-electron chi connectivity index (χ4n) is 0.568. The van der Waals surface area contributed by atoms with Crippen LogP contribution < -0.4 is 4.89 Å². The number of aromatic hydroxyl groups is 1. The monoisotopic (exact) mass is 188 g/mol. The molecule has 0 aliphatic rings. The predicted octanol–water partition coefficient (Wildman–Crippen LogP) is 1.17. The molecule has 13 heavy (non-hydrogen) atoms. The molecular formula is C8H12O5. The molecule has 0 unspecified atom stereocenters. The second kappa shape index (κ2) is 7.35. The van der Waals surface area contributed by atoms with Crippen LogP contribution in [0.1, 0.15) is 6.92 Å². The van der Waals surface area contributed by atoms with Gasteiger partial charge in [0.15, 0.2) is 5.75 Å². The third-order valence-corrected chi connectivity index (χ3v) is 0.992. The molecule has 1 rings (SSSR count). The summed E-state index contributed by atoms with van der Waals surface area (Å²) in [5, 5.41) is 27.7. The van der Waals surface area contributed by atoms with Crippen molar-refractivity contribution in [3.05, 3.63) is 24.3 Å². The molecule has 0 aliphatic carbocycles. The number of rotatable bonds is 2. The van der Waals surface area contributed by atoms with Gasteiger partial charge >= 0.3 is 0 Å². The Bertz CT molecular complexity index is 226. The van der Waals surface area contributed by atoms with Gasteiger partial charge in [0.2, 0.25) is 5.75 Å². The SMILES string of the molecule is CCO.OOOc1ccccc1O. The molecule has 0 amide bonds. The molecule has 0 fully saturated rings. The van der Waals surface area contributed by atoms with Crippen LogP contribution in [-0.4, -0.2) is 22.1 Å². The largest absolute Gasteiger partial charge is 0.504 e. The average molecular weight is 188 g/mol. The smallest absolute Gasteiger partial charge is 0.210 e. The van der Waals surface area contributed by atoms with Crippen molar-refractivity contribution < 1.29 is 25.4 Å². The Morgan fingerprint density at radius 2 is 1.85 bits per heavy atom. The van der Waals surface area contributed by atoms with E-state index in [1.165, 1.54) is 12.1 Å². The van der Waals surface area contributed by atoms with Crippen LogP contribution in [0.25, 0.3) is 0 Å². The number of aliphatic hydroxyl groups is 1. The van der Waals surface area contributed by atoms with E-state index in [0.717, 1.165) is 0 Å². The van der Waals surface area contributed by atoms with E-state index in [4.69, 9.17) is 15.5 Å². The van der Waals surface area contributed by atoms with Crippen LogP contribution in [0.5, 0.6) is 11.5 Å². The fourth-order valence-corrected chi connectivity index (χ4v) is 0.568. The van der Waals surface area contributed by atoms with Gasteiger partial charge in [-0.2, -0.15) is 0 Å². The van der Waals surface area contributed by atoms with Crippen LogP contribution >= 0.6 is 0 Å². The van der Waals surface area contributed by atoms with Crippen LogP contribution in [0.15, 0.2) is 24.3 Å². The van der Waals surface area contributed by atoms with E-state index in [0.29, 0.717) is 0 Å². The summed E-state index contributed by atoms with van der Waals surface area (Å²) in [5.74, 6) is -0.0125. The van der Waals surface area contributed by atoms with Gasteiger partial charge in [0.05, 0.1) is 0 Å². The summed E-state index contributed by atoms with van der Waals surface area (Å²) in [6, 6.07) is 6.12. The second-order valence-corrected chi connectivity index (χ2v) is 1.94. The number of para-hydroxylation sites is 2. The van der Waals surface area contributed by atoms with E-state index in [9.17, 15) is 0 Å². The Morgan fingerprint density at radius 1 is 1.31 bits per heavy atom. The molecule has 5 nitrogen and oxygen atoms in total. The molecule has 0 atom stereocenters. The van der Waals surface area contributed by atoms with Gasteiger partial charge in [-0.25, -0.2) is 5.26 Å². The lowest BCUT2D eigenvalue weighted by Gasteiger charge is -1.98. The third kappa shape index (κ3) is 5.02. The topological polar surface area (TPSA) is 79.2 Å². The van der Waals surface area contributed by atoms with Gasteiger partial charge in [0.25, 0.3) is 0 Å². The van der Waals surface area contributed by atoms with Gasteiger partial charge in [0, 0.05) is 6.61 Å². The average Bonchev–Trinajstić information content (AvgIpc) is 2.11. The molecule has 1 aromatic rings. The van der Waals surface area contributed by atoms with E-state index in [1.54, 1.807) is 19.1 Å². The number of phenolic OH excluding ortho intramolecular Hbond substituents is 1. The molecule has 0 spiro atoms. The molecule has 0 saturated heterocycles. The van der Waals surface area contributed by atoms with Crippen molar-refractivity contribution in [3.63, 3.8) is 0 Å². The first-order chi connectivity index (χ1) is 6.26. The minimum atomic E-state index is -0.0865. The Morgan fingerprint density at radius 3 is 2.31 bits per heavy atom. The van der Waals surface area contributed by atoms with Gasteiger partial charge < -0.3 is 15.1 Å². The van der Waals surface area contributed by atoms with Crippen molar-refractivity contribution in [2.75, 3.05) is 6.61 Å². The summed E-state index contributed by atoms with van der Waals surface area (Å²) in [4.78, 5) is 4.14. The van der Waals surface area contributed by atoms with E-state index >= 15 is 0 Å². The molecule has 0 bridgehead atoms. The van der Waals surface area contributed by atoms with Gasteiger partial charge in [-0.3, -0.25) is 0 Å². The summed E-state index contributed by atoms with van der Waals surface area (Å²) in [6.07, 6.45) is 0. The first-order valence-electron chi connectivity index (χ1n) is 3.63. The summed E-state index contributed by atoms with van der Waals surface area (Å²) >= 11 is 0. The van der Waals surface area contributed by atoms with E-state index in [-0.39, 0.29) is 18.1 Å². The number of hydrogen-bond acceptors (Lipinski definition) is 5. The number of benzene rings is 1. The summed E-state index contributed by atoms with van der Waals surface area (Å²) in [6.45, 7) is 1.93. The molecule has 0 heterocycles. The summed E-state index contributed by atoms with van der Waals surface area (Å²) in [7, 11) is 0. The Hall–Kier alpha value is -1.30. The number of aliphatic hydroxyl groups excluding tert-OH is 1. The minimum Gasteiger partial charge on any atom is -0.504 e. The van der Waals surface area contributed by atoms with Crippen molar-refractivity contribution in [2.45, 2.75) is 6.92 Å². The van der Waals surface area contributed by atoms with Crippen LogP contribution in [-0.2, 0) is 5.04 Å². The van der Waals surface area contributed by atoms with Crippen LogP contribution in [0.3, 0.4) is 0 Å². The van der Waals surface area contributed by atoms with Crippen molar-refractivity contribution in [1.82, 2.24) is 0 Å². The molecule has 3 N–H and O–H groups in total. The zero-order valence-corrected chi connectivity index (χ0v) is 7.17. The van der Waals surface area contributed by atoms with Crippen LogP contribution in [0, 0.1) is 0 Å². The minimum absolute atomic E-state index is 0.0741. The van der Waals surface area contributed by atoms with Crippen LogP contribution in [0.4, 0.5) is 0 Å². The first-order valence-corrected chi connectivity index (χ1v) is 3.63. The molecule has 5 heteroatoms. The van der Waals surface area contributed by atoms with Crippen molar-refractivity contribution in [2.24, 2.45) is 0 Å². The van der Waals surface area contributed by atoms with E-state index < -0.39 is 0 Å².